The largest absolute Gasteiger partial charge is 0.343 e. The zero-order valence-corrected chi connectivity index (χ0v) is 14.0. The van der Waals surface area contributed by atoms with Crippen LogP contribution in [-0.2, 0) is 16.0 Å². The van der Waals surface area contributed by atoms with Crippen LogP contribution in [0.25, 0.3) is 0 Å². The van der Waals surface area contributed by atoms with Crippen molar-refractivity contribution in [1.29, 1.82) is 0 Å². The zero-order valence-electron chi connectivity index (χ0n) is 13.2. The highest BCUT2D eigenvalue weighted by Gasteiger charge is 2.37. The van der Waals surface area contributed by atoms with E-state index in [-0.39, 0.29) is 30.4 Å². The van der Waals surface area contributed by atoms with E-state index < -0.39 is 0 Å². The third-order valence-electron chi connectivity index (χ3n) is 4.59. The quantitative estimate of drug-likeness (QED) is 0.849. The molecule has 1 N–H and O–H groups in total. The maximum absolute atomic E-state index is 12.3. The van der Waals surface area contributed by atoms with Gasteiger partial charge in [0.2, 0.25) is 11.8 Å². The van der Waals surface area contributed by atoms with Crippen LogP contribution in [0.3, 0.4) is 0 Å². The van der Waals surface area contributed by atoms with Crippen molar-refractivity contribution < 1.29 is 14.4 Å². The number of piperidine rings is 1. The van der Waals surface area contributed by atoms with Gasteiger partial charge in [-0.1, -0.05) is 0 Å². The van der Waals surface area contributed by atoms with Crippen molar-refractivity contribution in [3.05, 3.63) is 21.9 Å². The number of carbonyl (C=O) groups is 3. The van der Waals surface area contributed by atoms with Crippen LogP contribution in [-0.4, -0.2) is 53.3 Å². The number of aryl methyl sites for hydroxylation is 2. The Kier molecular flexibility index (Phi) is 4.66. The number of hydrogen-bond acceptors (Lipinski definition) is 4. The molecule has 0 radical (unpaired) electrons. The highest BCUT2D eigenvalue weighted by atomic mass is 32.1. The van der Waals surface area contributed by atoms with Gasteiger partial charge in [-0.25, -0.2) is 4.79 Å². The van der Waals surface area contributed by atoms with Crippen LogP contribution in [0.1, 0.15) is 29.7 Å². The molecule has 6 nitrogen and oxygen atoms in total. The minimum atomic E-state index is -0.298. The molecule has 3 rings (SSSR count). The fourth-order valence-electron chi connectivity index (χ4n) is 3.22. The van der Waals surface area contributed by atoms with Crippen molar-refractivity contribution >= 4 is 29.2 Å². The molecule has 7 heteroatoms. The summed E-state index contributed by atoms with van der Waals surface area (Å²) in [6.45, 7) is 3.39. The van der Waals surface area contributed by atoms with E-state index in [1.54, 1.807) is 11.3 Å². The lowest BCUT2D eigenvalue weighted by atomic mass is 10.0. The topological polar surface area (TPSA) is 69.7 Å². The second kappa shape index (κ2) is 6.70. The van der Waals surface area contributed by atoms with E-state index in [0.717, 1.165) is 6.42 Å². The van der Waals surface area contributed by atoms with E-state index in [0.29, 0.717) is 32.4 Å². The number of thiophene rings is 1. The van der Waals surface area contributed by atoms with Crippen molar-refractivity contribution in [2.24, 2.45) is 0 Å². The van der Waals surface area contributed by atoms with Gasteiger partial charge in [-0.15, -0.1) is 11.3 Å². The van der Waals surface area contributed by atoms with E-state index in [1.807, 2.05) is 4.90 Å². The number of rotatable bonds is 4. The number of carbonyl (C=O) groups excluding carboxylic acids is 3. The molecule has 23 heavy (non-hydrogen) atoms. The van der Waals surface area contributed by atoms with Gasteiger partial charge in [0.05, 0.1) is 6.54 Å². The molecule has 0 spiro atoms. The number of likely N-dealkylation sites (tertiary alicyclic amines) is 1. The van der Waals surface area contributed by atoms with Crippen LogP contribution < -0.4 is 5.32 Å². The third-order valence-corrected chi connectivity index (χ3v) is 5.68. The number of imide groups is 1. The Balaban J connectivity index is 1.48. The molecule has 1 aromatic heterocycles. The van der Waals surface area contributed by atoms with Gasteiger partial charge in [0.25, 0.3) is 0 Å². The number of hydrogen-bond donors (Lipinski definition) is 1. The first-order chi connectivity index (χ1) is 11.1. The normalized spacial score (nSPS) is 19.3. The predicted molar refractivity (Wildman–Crippen MR) is 87.2 cm³/mol. The summed E-state index contributed by atoms with van der Waals surface area (Å²) in [6, 6.07) is 1.70. The van der Waals surface area contributed by atoms with E-state index in [9.17, 15) is 14.4 Å². The minimum Gasteiger partial charge on any atom is -0.343 e. The lowest BCUT2D eigenvalue weighted by Crippen LogP contribution is -2.49. The summed E-state index contributed by atoms with van der Waals surface area (Å²) in [5, 5.41) is 4.60. The van der Waals surface area contributed by atoms with Crippen molar-refractivity contribution in [3.8, 4) is 0 Å². The Morgan fingerprint density at radius 2 is 2.09 bits per heavy atom. The molecule has 0 atom stereocenters. The number of amides is 4. The van der Waals surface area contributed by atoms with Gasteiger partial charge in [0.15, 0.2) is 0 Å². The van der Waals surface area contributed by atoms with E-state index in [2.05, 4.69) is 23.7 Å². The molecule has 1 aromatic rings. The average molecular weight is 335 g/mol. The molecule has 0 saturated carbocycles. The van der Waals surface area contributed by atoms with Gasteiger partial charge in [0, 0.05) is 30.4 Å². The highest BCUT2D eigenvalue weighted by molar-refractivity contribution is 7.10. The summed E-state index contributed by atoms with van der Waals surface area (Å²) < 4.78 is 0. The van der Waals surface area contributed by atoms with E-state index in [1.165, 1.54) is 15.3 Å². The van der Waals surface area contributed by atoms with Crippen LogP contribution in [0.2, 0.25) is 0 Å². The molecule has 0 bridgehead atoms. The number of urea groups is 1. The summed E-state index contributed by atoms with van der Waals surface area (Å²) in [5.74, 6) is 0.00129. The molecular weight excluding hydrogens is 314 g/mol. The second-order valence-electron chi connectivity index (χ2n) is 6.06. The summed E-state index contributed by atoms with van der Waals surface area (Å²) >= 11 is 1.70. The Hall–Kier alpha value is -1.89. The average Bonchev–Trinajstić information content (AvgIpc) is 3.11. The molecule has 0 unspecified atom stereocenters. The van der Waals surface area contributed by atoms with Gasteiger partial charge < -0.3 is 10.2 Å². The monoisotopic (exact) mass is 335 g/mol. The van der Waals surface area contributed by atoms with E-state index >= 15 is 0 Å². The van der Waals surface area contributed by atoms with Crippen LogP contribution >= 0.6 is 11.3 Å². The molecule has 2 aliphatic heterocycles. The first kappa shape index (κ1) is 16.0. The van der Waals surface area contributed by atoms with Gasteiger partial charge in [-0.3, -0.25) is 14.5 Å². The summed E-state index contributed by atoms with van der Waals surface area (Å²) in [6.07, 6.45) is 2.65. The Bertz CT molecular complexity index is 604. The standard InChI is InChI=1S/C16H21N3O3S/c1-11-6-9-23-13(11)2-3-14(20)18-7-4-12(5-8-18)19-15(21)10-17-16(19)22/h6,9,12H,2-5,7-8,10H2,1H3,(H,17,22). The number of nitrogens with one attached hydrogen (secondary N) is 1. The molecule has 2 fully saturated rings. The van der Waals surface area contributed by atoms with Gasteiger partial charge in [-0.05, 0) is 43.2 Å². The number of nitrogens with zero attached hydrogens (tertiary/aromatic N) is 2. The molecule has 4 amide bonds. The molecular formula is C16H21N3O3S. The first-order valence-electron chi connectivity index (χ1n) is 7.97. The maximum atomic E-state index is 12.3. The smallest absolute Gasteiger partial charge is 0.324 e. The first-order valence-corrected chi connectivity index (χ1v) is 8.85. The molecule has 0 aromatic carbocycles. The lowest BCUT2D eigenvalue weighted by Gasteiger charge is -2.35. The van der Waals surface area contributed by atoms with Crippen LogP contribution in [0.5, 0.6) is 0 Å². The second-order valence-corrected chi connectivity index (χ2v) is 7.06. The van der Waals surface area contributed by atoms with Crippen molar-refractivity contribution in [3.63, 3.8) is 0 Å². The third kappa shape index (κ3) is 3.39. The predicted octanol–water partition coefficient (Wildman–Crippen LogP) is 1.53. The molecule has 2 aliphatic rings. The Morgan fingerprint density at radius 3 is 2.65 bits per heavy atom. The van der Waals surface area contributed by atoms with Crippen LogP contribution in [0, 0.1) is 6.92 Å². The van der Waals surface area contributed by atoms with Crippen LogP contribution in [0.15, 0.2) is 11.4 Å². The van der Waals surface area contributed by atoms with Gasteiger partial charge >= 0.3 is 6.03 Å². The van der Waals surface area contributed by atoms with Crippen molar-refractivity contribution in [2.45, 2.75) is 38.6 Å². The maximum Gasteiger partial charge on any atom is 0.324 e. The Morgan fingerprint density at radius 1 is 1.35 bits per heavy atom. The van der Waals surface area contributed by atoms with Crippen molar-refractivity contribution in [2.75, 3.05) is 19.6 Å². The molecule has 2 saturated heterocycles. The van der Waals surface area contributed by atoms with Crippen LogP contribution in [0.4, 0.5) is 4.79 Å². The zero-order chi connectivity index (χ0) is 16.4. The highest BCUT2D eigenvalue weighted by Crippen LogP contribution is 2.21. The lowest BCUT2D eigenvalue weighted by molar-refractivity contribution is -0.133. The molecule has 124 valence electrons. The fourth-order valence-corrected chi connectivity index (χ4v) is 4.13. The molecule has 0 aliphatic carbocycles. The Labute approximate surface area is 139 Å². The minimum absolute atomic E-state index is 0.0754. The summed E-state index contributed by atoms with van der Waals surface area (Å²) in [7, 11) is 0. The molecule has 3 heterocycles. The SMILES string of the molecule is Cc1ccsc1CCC(=O)N1CCC(N2C(=O)CNC2=O)CC1. The summed E-state index contributed by atoms with van der Waals surface area (Å²) in [4.78, 5) is 40.2. The van der Waals surface area contributed by atoms with Crippen molar-refractivity contribution in [1.82, 2.24) is 15.1 Å². The van der Waals surface area contributed by atoms with E-state index in [4.69, 9.17) is 0 Å². The fraction of sp³-hybridized carbons (Fsp3) is 0.562. The van der Waals surface area contributed by atoms with Gasteiger partial charge in [-0.2, -0.15) is 0 Å². The van der Waals surface area contributed by atoms with Gasteiger partial charge in [0.1, 0.15) is 0 Å². The summed E-state index contributed by atoms with van der Waals surface area (Å²) in [5.41, 5.74) is 1.25.